The van der Waals surface area contributed by atoms with Gasteiger partial charge in [0.1, 0.15) is 17.3 Å². The Morgan fingerprint density at radius 3 is 2.80 bits per heavy atom. The smallest absolute Gasteiger partial charge is 0.277 e. The van der Waals surface area contributed by atoms with Crippen molar-refractivity contribution < 1.29 is 18.9 Å². The van der Waals surface area contributed by atoms with Crippen LogP contribution in [0.4, 0.5) is 5.69 Å². The lowest BCUT2D eigenvalue weighted by Crippen LogP contribution is -2.24. The second kappa shape index (κ2) is 9.36. The van der Waals surface area contributed by atoms with E-state index in [-0.39, 0.29) is 12.3 Å². The summed E-state index contributed by atoms with van der Waals surface area (Å²) in [7, 11) is 0. The first-order chi connectivity index (χ1) is 14.3. The fraction of sp³-hybridized carbons (Fsp3) is 0.143. The number of nitrogens with one attached hydrogen (secondary N) is 1. The highest BCUT2D eigenvalue weighted by atomic mass is 79.9. The van der Waals surface area contributed by atoms with Crippen LogP contribution in [0, 0.1) is 24.0 Å². The topological polar surface area (TPSA) is 107 Å². The van der Waals surface area contributed by atoms with Crippen molar-refractivity contribution in [3.63, 3.8) is 0 Å². The first-order valence-electron chi connectivity index (χ1n) is 8.89. The Balaban J connectivity index is 1.57. The third-order valence-corrected chi connectivity index (χ3v) is 4.66. The van der Waals surface area contributed by atoms with E-state index in [1.807, 2.05) is 26.0 Å². The summed E-state index contributed by atoms with van der Waals surface area (Å²) in [6.45, 7) is 3.68. The van der Waals surface area contributed by atoms with E-state index in [4.69, 9.17) is 9.15 Å². The quantitative estimate of drug-likeness (QED) is 0.303. The Morgan fingerprint density at radius 2 is 2.07 bits per heavy atom. The highest BCUT2D eigenvalue weighted by Crippen LogP contribution is 2.30. The second-order valence-corrected chi connectivity index (χ2v) is 7.34. The third-order valence-electron chi connectivity index (χ3n) is 4.07. The molecule has 0 bridgehead atoms. The van der Waals surface area contributed by atoms with Gasteiger partial charge in [0.05, 0.1) is 15.6 Å². The van der Waals surface area contributed by atoms with Crippen LogP contribution in [0.5, 0.6) is 5.75 Å². The molecule has 0 unspecified atom stereocenters. The van der Waals surface area contributed by atoms with Gasteiger partial charge in [0.2, 0.25) is 0 Å². The number of hydrogen-bond acceptors (Lipinski definition) is 6. The number of hydrogen-bond donors (Lipinski definition) is 1. The summed E-state index contributed by atoms with van der Waals surface area (Å²) in [4.78, 5) is 22.4. The van der Waals surface area contributed by atoms with Crippen molar-refractivity contribution in [3.8, 4) is 17.1 Å². The van der Waals surface area contributed by atoms with Crippen molar-refractivity contribution in [3.05, 3.63) is 80.0 Å². The number of rotatable bonds is 7. The number of carbonyl (C=O) groups excluding carboxylic acids is 1. The van der Waals surface area contributed by atoms with Crippen molar-refractivity contribution in [1.82, 2.24) is 5.43 Å². The monoisotopic (exact) mass is 471 g/mol. The van der Waals surface area contributed by atoms with Crippen LogP contribution >= 0.6 is 15.9 Å². The van der Waals surface area contributed by atoms with Crippen LogP contribution < -0.4 is 10.2 Å². The molecule has 154 valence electrons. The number of furan rings is 1. The number of hydrazone groups is 1. The molecule has 0 spiro atoms. The molecule has 8 nitrogen and oxygen atoms in total. The predicted octanol–water partition coefficient (Wildman–Crippen LogP) is 4.76. The molecule has 9 heteroatoms. The number of nitro benzene ring substituents is 1. The molecule has 0 atom stereocenters. The summed E-state index contributed by atoms with van der Waals surface area (Å²) >= 11 is 3.43. The minimum atomic E-state index is -0.469. The fourth-order valence-corrected chi connectivity index (χ4v) is 3.56. The molecule has 2 aromatic carbocycles. The van der Waals surface area contributed by atoms with Gasteiger partial charge in [-0.3, -0.25) is 14.9 Å². The van der Waals surface area contributed by atoms with Crippen molar-refractivity contribution in [1.29, 1.82) is 0 Å². The van der Waals surface area contributed by atoms with Gasteiger partial charge in [-0.1, -0.05) is 18.2 Å². The zero-order valence-electron chi connectivity index (χ0n) is 16.2. The highest BCUT2D eigenvalue weighted by Gasteiger charge is 2.11. The number of halogens is 1. The van der Waals surface area contributed by atoms with Crippen LogP contribution in [-0.2, 0) is 4.79 Å². The summed E-state index contributed by atoms with van der Waals surface area (Å²) in [5, 5.41) is 14.7. The van der Waals surface area contributed by atoms with Crippen molar-refractivity contribution in [2.75, 3.05) is 6.61 Å². The number of ether oxygens (including phenoxy) is 1. The standard InChI is InChI=1S/C21H18BrN3O5/c1-13-8-14(2)21(18(22)9-13)29-12-20(26)24-23-11-17-6-7-19(30-17)15-4-3-5-16(10-15)25(27)28/h3-11H,12H2,1-2H3,(H,24,26)/b23-11-. The van der Waals surface area contributed by atoms with E-state index < -0.39 is 10.8 Å². The third kappa shape index (κ3) is 5.32. The number of benzene rings is 2. The Hall–Kier alpha value is -3.46. The van der Waals surface area contributed by atoms with Gasteiger partial charge < -0.3 is 9.15 Å². The summed E-state index contributed by atoms with van der Waals surface area (Å²) in [5.74, 6) is 1.01. The van der Waals surface area contributed by atoms with E-state index >= 15 is 0 Å². The first kappa shape index (κ1) is 21.3. The van der Waals surface area contributed by atoms with Gasteiger partial charge in [0, 0.05) is 17.7 Å². The maximum Gasteiger partial charge on any atom is 0.277 e. The lowest BCUT2D eigenvalue weighted by atomic mass is 10.1. The molecule has 1 amide bonds. The average Bonchev–Trinajstić information content (AvgIpc) is 3.16. The van der Waals surface area contributed by atoms with E-state index in [0.717, 1.165) is 15.6 Å². The summed E-state index contributed by atoms with van der Waals surface area (Å²) in [6, 6.07) is 13.3. The number of amides is 1. The molecule has 3 rings (SSSR count). The van der Waals surface area contributed by atoms with Crippen molar-refractivity contribution in [2.45, 2.75) is 13.8 Å². The number of nitro groups is 1. The lowest BCUT2D eigenvalue weighted by molar-refractivity contribution is -0.384. The Labute approximate surface area is 180 Å². The largest absolute Gasteiger partial charge is 0.482 e. The molecule has 0 aliphatic carbocycles. The zero-order valence-corrected chi connectivity index (χ0v) is 17.8. The normalized spacial score (nSPS) is 10.9. The van der Waals surface area contributed by atoms with E-state index in [0.29, 0.717) is 22.8 Å². The molecule has 1 heterocycles. The summed E-state index contributed by atoms with van der Waals surface area (Å²) in [5.41, 5.74) is 4.92. The molecule has 0 saturated heterocycles. The van der Waals surface area contributed by atoms with Gasteiger partial charge in [0.15, 0.2) is 6.61 Å². The van der Waals surface area contributed by atoms with Crippen molar-refractivity contribution in [2.24, 2.45) is 5.10 Å². The van der Waals surface area contributed by atoms with Gasteiger partial charge >= 0.3 is 0 Å². The molecule has 1 aromatic heterocycles. The first-order valence-corrected chi connectivity index (χ1v) is 9.69. The molecule has 0 aliphatic heterocycles. The Kier molecular flexibility index (Phi) is 6.63. The van der Waals surface area contributed by atoms with Gasteiger partial charge in [-0.05, 0) is 59.1 Å². The zero-order chi connectivity index (χ0) is 21.7. The van der Waals surface area contributed by atoms with E-state index in [1.54, 1.807) is 24.3 Å². The average molecular weight is 472 g/mol. The van der Waals surface area contributed by atoms with Gasteiger partial charge in [0.25, 0.3) is 11.6 Å². The second-order valence-electron chi connectivity index (χ2n) is 6.48. The molecule has 3 aromatic rings. The number of carbonyl (C=O) groups is 1. The van der Waals surface area contributed by atoms with Gasteiger partial charge in [-0.25, -0.2) is 5.43 Å². The molecule has 0 radical (unpaired) electrons. The van der Waals surface area contributed by atoms with Crippen LogP contribution in [-0.4, -0.2) is 23.7 Å². The van der Waals surface area contributed by atoms with E-state index in [1.165, 1.54) is 18.3 Å². The van der Waals surface area contributed by atoms with Crippen LogP contribution in [0.15, 0.2) is 62.5 Å². The highest BCUT2D eigenvalue weighted by molar-refractivity contribution is 9.10. The summed E-state index contributed by atoms with van der Waals surface area (Å²) in [6.07, 6.45) is 1.34. The maximum absolute atomic E-state index is 12.0. The van der Waals surface area contributed by atoms with Crippen LogP contribution in [0.3, 0.4) is 0 Å². The van der Waals surface area contributed by atoms with Gasteiger partial charge in [-0.15, -0.1) is 0 Å². The summed E-state index contributed by atoms with van der Waals surface area (Å²) < 4.78 is 11.9. The molecule has 0 saturated carbocycles. The molecular weight excluding hydrogens is 454 g/mol. The van der Waals surface area contributed by atoms with Gasteiger partial charge in [-0.2, -0.15) is 5.10 Å². The molecule has 30 heavy (non-hydrogen) atoms. The lowest BCUT2D eigenvalue weighted by Gasteiger charge is -2.11. The van der Waals surface area contributed by atoms with Crippen molar-refractivity contribution >= 4 is 33.7 Å². The van der Waals surface area contributed by atoms with E-state index in [2.05, 4.69) is 26.5 Å². The minimum absolute atomic E-state index is 0.0261. The van der Waals surface area contributed by atoms with E-state index in [9.17, 15) is 14.9 Å². The Morgan fingerprint density at radius 1 is 1.27 bits per heavy atom. The number of nitrogens with zero attached hydrogens (tertiary/aromatic N) is 2. The Bertz CT molecular complexity index is 1100. The van der Waals surface area contributed by atoms with Crippen LogP contribution in [0.25, 0.3) is 11.3 Å². The maximum atomic E-state index is 12.0. The minimum Gasteiger partial charge on any atom is -0.482 e. The number of aryl methyl sites for hydroxylation is 2. The predicted molar refractivity (Wildman–Crippen MR) is 116 cm³/mol. The number of non-ortho nitro benzene ring substituents is 1. The molecule has 0 aliphatic rings. The fourth-order valence-electron chi connectivity index (χ4n) is 2.77. The van der Waals surface area contributed by atoms with Crippen LogP contribution in [0.2, 0.25) is 0 Å². The SMILES string of the molecule is Cc1cc(C)c(OCC(=O)N/N=C\c2ccc(-c3cccc([N+](=O)[O-])c3)o2)c(Br)c1. The molecular formula is C21H18BrN3O5. The molecule has 1 N–H and O–H groups in total. The van der Waals surface area contributed by atoms with Crippen LogP contribution in [0.1, 0.15) is 16.9 Å². The molecule has 0 fully saturated rings.